The first-order valence-electron chi connectivity index (χ1n) is 7.52. The van der Waals surface area contributed by atoms with Gasteiger partial charge in [-0.3, -0.25) is 9.98 Å². The van der Waals surface area contributed by atoms with E-state index in [1.54, 1.807) is 36.7 Å². The highest BCUT2D eigenvalue weighted by atomic mass is 16.3. The van der Waals surface area contributed by atoms with E-state index in [2.05, 4.69) is 9.98 Å². The van der Waals surface area contributed by atoms with Crippen LogP contribution in [0.1, 0.15) is 11.1 Å². The molecular weight excluding hydrogens is 298 g/mol. The van der Waals surface area contributed by atoms with Gasteiger partial charge in [-0.1, -0.05) is 30.3 Å². The Kier molecular flexibility index (Phi) is 4.68. The molecule has 0 amide bonds. The third kappa shape index (κ3) is 4.08. The molecule has 0 heterocycles. The zero-order chi connectivity index (χ0) is 16.8. The molecule has 3 rings (SSSR count). The minimum absolute atomic E-state index is 0.222. The summed E-state index contributed by atoms with van der Waals surface area (Å²) in [5, 5.41) is 9.26. The zero-order valence-electron chi connectivity index (χ0n) is 13.0. The van der Waals surface area contributed by atoms with E-state index in [1.807, 2.05) is 48.5 Å². The Morgan fingerprint density at radius 1 is 0.750 bits per heavy atom. The molecule has 3 aromatic rings. The van der Waals surface area contributed by atoms with Gasteiger partial charge in [-0.2, -0.15) is 0 Å². The molecule has 3 aromatic carbocycles. The Morgan fingerprint density at radius 3 is 2.12 bits per heavy atom. The van der Waals surface area contributed by atoms with Crippen LogP contribution in [0.25, 0.3) is 0 Å². The molecule has 0 saturated carbocycles. The van der Waals surface area contributed by atoms with Crippen molar-refractivity contribution in [2.24, 2.45) is 9.98 Å². The Labute approximate surface area is 140 Å². The molecule has 0 aromatic heterocycles. The fourth-order valence-corrected chi connectivity index (χ4v) is 2.14. The number of phenolic OH excluding ortho intramolecular Hbond substituents is 1. The van der Waals surface area contributed by atoms with E-state index >= 15 is 0 Å². The average Bonchev–Trinajstić information content (AvgIpc) is 2.61. The van der Waals surface area contributed by atoms with Gasteiger partial charge in [0.05, 0.1) is 11.4 Å². The van der Waals surface area contributed by atoms with Crippen molar-refractivity contribution in [2.75, 3.05) is 5.73 Å². The quantitative estimate of drug-likeness (QED) is 0.550. The van der Waals surface area contributed by atoms with Crippen molar-refractivity contribution in [3.63, 3.8) is 0 Å². The maximum atomic E-state index is 9.26. The van der Waals surface area contributed by atoms with Gasteiger partial charge in [0.25, 0.3) is 0 Å². The van der Waals surface area contributed by atoms with Gasteiger partial charge in [-0.15, -0.1) is 0 Å². The van der Waals surface area contributed by atoms with E-state index in [4.69, 9.17) is 5.73 Å². The number of hydrogen-bond donors (Lipinski definition) is 2. The predicted octanol–water partition coefficient (Wildman–Crippen LogP) is 4.48. The lowest BCUT2D eigenvalue weighted by molar-refractivity contribution is 0.475. The van der Waals surface area contributed by atoms with Crippen molar-refractivity contribution >= 4 is 29.5 Å². The second-order valence-corrected chi connectivity index (χ2v) is 5.26. The molecule has 0 aliphatic carbocycles. The lowest BCUT2D eigenvalue weighted by atomic mass is 10.1. The van der Waals surface area contributed by atoms with Crippen LogP contribution in [0.5, 0.6) is 5.75 Å². The number of aromatic hydroxyl groups is 1. The summed E-state index contributed by atoms with van der Waals surface area (Å²) in [5.41, 5.74) is 10.1. The minimum atomic E-state index is 0.222. The highest BCUT2D eigenvalue weighted by molar-refractivity contribution is 5.92. The monoisotopic (exact) mass is 315 g/mol. The van der Waals surface area contributed by atoms with E-state index in [9.17, 15) is 5.11 Å². The van der Waals surface area contributed by atoms with Crippen LogP contribution in [-0.4, -0.2) is 17.5 Å². The number of phenols is 1. The Balaban J connectivity index is 1.75. The molecule has 4 heteroatoms. The molecule has 118 valence electrons. The summed E-state index contributed by atoms with van der Waals surface area (Å²) in [4.78, 5) is 8.76. The molecule has 0 unspecified atom stereocenters. The first-order valence-corrected chi connectivity index (χ1v) is 7.52. The smallest absolute Gasteiger partial charge is 0.115 e. The summed E-state index contributed by atoms with van der Waals surface area (Å²) in [6, 6.07) is 22.1. The van der Waals surface area contributed by atoms with Crippen molar-refractivity contribution < 1.29 is 5.11 Å². The van der Waals surface area contributed by atoms with Gasteiger partial charge in [0.1, 0.15) is 5.75 Å². The van der Waals surface area contributed by atoms with E-state index in [0.717, 1.165) is 22.5 Å². The highest BCUT2D eigenvalue weighted by Gasteiger charge is 1.98. The van der Waals surface area contributed by atoms with Gasteiger partial charge in [-0.25, -0.2) is 0 Å². The summed E-state index contributed by atoms with van der Waals surface area (Å²) in [6.07, 6.45) is 3.49. The Bertz CT molecular complexity index is 869. The second-order valence-electron chi connectivity index (χ2n) is 5.26. The molecule has 4 nitrogen and oxygen atoms in total. The summed E-state index contributed by atoms with van der Waals surface area (Å²) < 4.78 is 0. The Morgan fingerprint density at radius 2 is 1.42 bits per heavy atom. The molecule has 0 bridgehead atoms. The SMILES string of the molecule is Nc1cc(C=Nc2ccc(O)cc2)ccc1C=Nc1ccccc1. The molecule has 3 N–H and O–H groups in total. The maximum Gasteiger partial charge on any atom is 0.115 e. The van der Waals surface area contributed by atoms with Crippen LogP contribution in [0.2, 0.25) is 0 Å². The van der Waals surface area contributed by atoms with Crippen LogP contribution >= 0.6 is 0 Å². The molecule has 0 saturated heterocycles. The van der Waals surface area contributed by atoms with Gasteiger partial charge in [0.15, 0.2) is 0 Å². The minimum Gasteiger partial charge on any atom is -0.508 e. The van der Waals surface area contributed by atoms with Crippen molar-refractivity contribution in [1.29, 1.82) is 0 Å². The van der Waals surface area contributed by atoms with Gasteiger partial charge >= 0.3 is 0 Å². The number of nitrogens with zero attached hydrogens (tertiary/aromatic N) is 2. The molecular formula is C20H17N3O. The van der Waals surface area contributed by atoms with Crippen LogP contribution in [0, 0.1) is 0 Å². The molecule has 0 radical (unpaired) electrons. The number of nitrogen functional groups attached to an aromatic ring is 1. The summed E-state index contributed by atoms with van der Waals surface area (Å²) >= 11 is 0. The lowest BCUT2D eigenvalue weighted by Gasteiger charge is -2.02. The molecule has 0 aliphatic heterocycles. The van der Waals surface area contributed by atoms with Gasteiger partial charge in [0.2, 0.25) is 0 Å². The number of rotatable bonds is 4. The van der Waals surface area contributed by atoms with E-state index in [-0.39, 0.29) is 5.75 Å². The summed E-state index contributed by atoms with van der Waals surface area (Å²) in [6.45, 7) is 0. The molecule has 0 fully saturated rings. The standard InChI is InChI=1S/C20H17N3O/c21-20-12-15(13-22-18-8-10-19(24)11-9-18)6-7-16(20)14-23-17-4-2-1-3-5-17/h1-14,24H,21H2. The highest BCUT2D eigenvalue weighted by Crippen LogP contribution is 2.18. The molecule has 0 atom stereocenters. The summed E-state index contributed by atoms with van der Waals surface area (Å²) in [7, 11) is 0. The van der Waals surface area contributed by atoms with Crippen LogP contribution in [-0.2, 0) is 0 Å². The second kappa shape index (κ2) is 7.24. The van der Waals surface area contributed by atoms with Crippen LogP contribution in [0.4, 0.5) is 17.1 Å². The van der Waals surface area contributed by atoms with E-state index < -0.39 is 0 Å². The lowest BCUT2D eigenvalue weighted by Crippen LogP contribution is -1.95. The fraction of sp³-hybridized carbons (Fsp3) is 0. The molecule has 0 aliphatic rings. The van der Waals surface area contributed by atoms with Crippen molar-refractivity contribution in [1.82, 2.24) is 0 Å². The van der Waals surface area contributed by atoms with Gasteiger partial charge in [0, 0.05) is 23.7 Å². The summed E-state index contributed by atoms with van der Waals surface area (Å²) in [5.74, 6) is 0.222. The number of hydrogen-bond acceptors (Lipinski definition) is 4. The van der Waals surface area contributed by atoms with Crippen molar-refractivity contribution in [2.45, 2.75) is 0 Å². The Hall–Kier alpha value is -3.40. The largest absolute Gasteiger partial charge is 0.508 e. The van der Waals surface area contributed by atoms with Crippen LogP contribution in [0.3, 0.4) is 0 Å². The number of nitrogens with two attached hydrogens (primary N) is 1. The first-order chi connectivity index (χ1) is 11.7. The molecule has 0 spiro atoms. The molecule has 24 heavy (non-hydrogen) atoms. The van der Waals surface area contributed by atoms with E-state index in [1.165, 1.54) is 0 Å². The average molecular weight is 315 g/mol. The van der Waals surface area contributed by atoms with Crippen LogP contribution < -0.4 is 5.73 Å². The zero-order valence-corrected chi connectivity index (χ0v) is 13.0. The third-order valence-corrected chi connectivity index (χ3v) is 3.43. The van der Waals surface area contributed by atoms with E-state index in [0.29, 0.717) is 5.69 Å². The topological polar surface area (TPSA) is 71.0 Å². The predicted molar refractivity (Wildman–Crippen MR) is 99.9 cm³/mol. The number of anilines is 1. The van der Waals surface area contributed by atoms with Crippen LogP contribution in [0.15, 0.2) is 82.8 Å². The van der Waals surface area contributed by atoms with Crippen molar-refractivity contribution in [3.05, 3.63) is 83.9 Å². The first kappa shape index (κ1) is 15.5. The van der Waals surface area contributed by atoms with Gasteiger partial charge < -0.3 is 10.8 Å². The maximum absolute atomic E-state index is 9.26. The van der Waals surface area contributed by atoms with Gasteiger partial charge in [-0.05, 0) is 48.0 Å². The van der Waals surface area contributed by atoms with Crippen molar-refractivity contribution in [3.8, 4) is 5.75 Å². The fourth-order valence-electron chi connectivity index (χ4n) is 2.14. The number of benzene rings is 3. The normalized spacial score (nSPS) is 11.3. The number of aliphatic imine (C=N–C) groups is 2. The number of para-hydroxylation sites is 1. The third-order valence-electron chi connectivity index (χ3n) is 3.43.